The Hall–Kier alpha value is -2.50. The van der Waals surface area contributed by atoms with E-state index in [4.69, 9.17) is 16.5 Å². The van der Waals surface area contributed by atoms with Crippen LogP contribution >= 0.6 is 0 Å². The van der Waals surface area contributed by atoms with Crippen LogP contribution in [-0.2, 0) is 16.5 Å². The summed E-state index contributed by atoms with van der Waals surface area (Å²) >= 11 is 0. The van der Waals surface area contributed by atoms with Crippen molar-refractivity contribution >= 4 is 50.4 Å². The van der Waals surface area contributed by atoms with Crippen molar-refractivity contribution in [2.45, 2.75) is 272 Å². The maximum Gasteiger partial charge on any atom is 0.460 e. The fraction of sp³-hybridized carbons (Fsp3) is 1.00. The van der Waals surface area contributed by atoms with Gasteiger partial charge in [0.15, 0.2) is 33.3 Å². The highest BCUT2D eigenvalue weighted by atomic mass is 28.5. The SMILES string of the molecule is C[Si](C)(CCC(F)(F)C(F)(F)C(F)(F)C(F)(F)C(F)(F)C(F)(F)F)O[Si](C)(C)O[Si](C)(C)CCC(F)(F)C(F)(F)C(F)(F)C(F)(F)C(F)(F)C(F)(F)F.C[Si](C)(CCC(F)(F)C(F)(F)C(F)(F)C(F)(F)C(F)(F)C(F)(F)F)O[Si](C)(C)O[Si](C)(C)CCC(F)(F)C(F)(F)C(F)(F)C(F)(F)C(F)(F)C(F)(F)F. The topological polar surface area (TPSA) is 36.9 Å². The molecule has 0 unspecified atom stereocenters. The normalized spacial score (nSPS) is 16.8. The standard InChI is InChI=1S/2C22H26F26O2Si3/c2*1-51(2,9-7-11(23,24)13(27,28)15(31,32)17(35,36)19(39,40)21(43,44)45)49-53(5,6)50-52(3,4)10-8-12(25,26)14(29,30)16(33,34)18(37,38)20(41,42)22(46,47)48/h2*7-10H2,1-6H3. The van der Waals surface area contributed by atoms with Gasteiger partial charge in [0, 0.05) is 25.7 Å². The Morgan fingerprint density at radius 2 is 0.245 bits per heavy atom. The Morgan fingerprint density at radius 3 is 0.340 bits per heavy atom. The third-order valence-corrected chi connectivity index (χ3v) is 36.8. The minimum atomic E-state index is -8.17. The molecule has 106 heavy (non-hydrogen) atoms. The van der Waals surface area contributed by atoms with Gasteiger partial charge in [-0.3, -0.25) is 0 Å². The van der Waals surface area contributed by atoms with Crippen LogP contribution in [0.3, 0.4) is 0 Å². The molecule has 0 aliphatic carbocycles. The molecule has 0 aromatic heterocycles. The van der Waals surface area contributed by atoms with E-state index in [-0.39, 0.29) is 0 Å². The summed E-state index contributed by atoms with van der Waals surface area (Å²) in [5, 5.41) is 0. The molecule has 0 amide bonds. The molecular formula is C44H52F52O4Si6. The van der Waals surface area contributed by atoms with E-state index in [0.717, 1.165) is 78.6 Å². The molecule has 0 aromatic rings. The molecule has 0 spiro atoms. The van der Waals surface area contributed by atoms with Crippen molar-refractivity contribution in [1.29, 1.82) is 0 Å². The van der Waals surface area contributed by atoms with E-state index in [1.807, 2.05) is 0 Å². The molecule has 62 heteroatoms. The summed E-state index contributed by atoms with van der Waals surface area (Å²) in [5.74, 6) is -153. The van der Waals surface area contributed by atoms with Crippen LogP contribution in [0.25, 0.3) is 0 Å². The maximum absolute atomic E-state index is 14.3. The predicted octanol–water partition coefficient (Wildman–Crippen LogP) is 24.8. The van der Waals surface area contributed by atoms with E-state index < -0.39 is 243 Å². The molecule has 640 valence electrons. The summed E-state index contributed by atoms with van der Waals surface area (Å²) < 4.78 is 717. The molecule has 0 aliphatic heterocycles. The molecule has 4 nitrogen and oxygen atoms in total. The molecule has 0 rings (SSSR count). The third kappa shape index (κ3) is 19.5. The molecule has 0 aliphatic rings. The van der Waals surface area contributed by atoms with Crippen molar-refractivity contribution in [3.05, 3.63) is 0 Å². The van der Waals surface area contributed by atoms with Crippen molar-refractivity contribution in [2.24, 2.45) is 0 Å². The first-order chi connectivity index (χ1) is 44.7. The van der Waals surface area contributed by atoms with E-state index in [9.17, 15) is 228 Å². The lowest BCUT2D eigenvalue weighted by atomic mass is 9.93. The van der Waals surface area contributed by atoms with Gasteiger partial charge in [0.2, 0.25) is 0 Å². The number of alkyl halides is 52. The van der Waals surface area contributed by atoms with Gasteiger partial charge in [-0.15, -0.1) is 0 Å². The summed E-state index contributed by atoms with van der Waals surface area (Å²) in [6.45, 7) is 9.43. The van der Waals surface area contributed by atoms with Crippen LogP contribution in [0.4, 0.5) is 228 Å². The maximum atomic E-state index is 14.3. The molecule has 0 fully saturated rings. The van der Waals surface area contributed by atoms with Crippen LogP contribution in [0, 0.1) is 0 Å². The molecule has 0 atom stereocenters. The first kappa shape index (κ1) is 106. The van der Waals surface area contributed by atoms with Crippen molar-refractivity contribution in [1.82, 2.24) is 0 Å². The number of hydrogen-bond acceptors (Lipinski definition) is 4. The van der Waals surface area contributed by atoms with E-state index in [0.29, 0.717) is 0 Å². The minimum Gasteiger partial charge on any atom is -0.437 e. The molecule has 0 radical (unpaired) electrons. The van der Waals surface area contributed by atoms with Crippen LogP contribution in [0.2, 0.25) is 103 Å². The number of rotatable bonds is 36. The molecule has 0 saturated heterocycles. The largest absolute Gasteiger partial charge is 0.460 e. The smallest absolute Gasteiger partial charge is 0.437 e. The second-order valence-electron chi connectivity index (χ2n) is 26.2. The molecule has 0 N–H and O–H groups in total. The van der Waals surface area contributed by atoms with Crippen molar-refractivity contribution in [2.75, 3.05) is 0 Å². The van der Waals surface area contributed by atoms with Gasteiger partial charge < -0.3 is 16.5 Å². The zero-order valence-corrected chi connectivity index (χ0v) is 59.9. The lowest BCUT2D eigenvalue weighted by Crippen LogP contribution is -2.70. The first-order valence-corrected chi connectivity index (χ1v) is 45.4. The Morgan fingerprint density at radius 1 is 0.151 bits per heavy atom. The van der Waals surface area contributed by atoms with E-state index in [2.05, 4.69) is 0 Å². The summed E-state index contributed by atoms with van der Waals surface area (Å²) in [7, 11) is -25.2. The van der Waals surface area contributed by atoms with Crippen molar-refractivity contribution in [3.63, 3.8) is 0 Å². The van der Waals surface area contributed by atoms with E-state index in [1.54, 1.807) is 0 Å². The third-order valence-electron chi connectivity index (χ3n) is 14.2. The van der Waals surface area contributed by atoms with Crippen LogP contribution < -0.4 is 0 Å². The average Bonchev–Trinajstić information content (AvgIpc) is 0.729. The van der Waals surface area contributed by atoms with Gasteiger partial charge in [-0.05, 0) is 103 Å². The Kier molecular flexibility index (Phi) is 29.3. The summed E-state index contributed by atoms with van der Waals surface area (Å²) in [6.07, 6.45) is -41.4. The van der Waals surface area contributed by atoms with Crippen LogP contribution in [0.1, 0.15) is 25.7 Å². The Balaban J connectivity index is 0. The molecule has 0 aromatic carbocycles. The summed E-state index contributed by atoms with van der Waals surface area (Å²) in [5.41, 5.74) is 0. The highest BCUT2D eigenvalue weighted by Gasteiger charge is 2.95. The van der Waals surface area contributed by atoms with Crippen molar-refractivity contribution < 1.29 is 245 Å². The zero-order valence-electron chi connectivity index (χ0n) is 53.9. The average molecular weight is 1800 g/mol. The van der Waals surface area contributed by atoms with Crippen LogP contribution in [-0.4, -0.2) is 194 Å². The summed E-state index contributed by atoms with van der Waals surface area (Å²) in [6, 6.07) is -6.31. The Labute approximate surface area is 566 Å². The zero-order chi connectivity index (χ0) is 87.5. The molecule has 0 bridgehead atoms. The van der Waals surface area contributed by atoms with E-state index in [1.165, 1.54) is 0 Å². The summed E-state index contributed by atoms with van der Waals surface area (Å²) in [4.78, 5) is 0. The quantitative estimate of drug-likeness (QED) is 0.0463. The van der Waals surface area contributed by atoms with Gasteiger partial charge in [0.1, 0.15) is 0 Å². The fourth-order valence-electron chi connectivity index (χ4n) is 8.58. The number of hydrogen-bond donors (Lipinski definition) is 0. The van der Waals surface area contributed by atoms with Gasteiger partial charge in [-0.2, -0.15) is 228 Å². The Bertz CT molecular complexity index is 2540. The lowest BCUT2D eigenvalue weighted by molar-refractivity contribution is -0.440. The van der Waals surface area contributed by atoms with Gasteiger partial charge >= 0.3 is 160 Å². The number of halogens is 52. The second kappa shape index (κ2) is 29.4. The highest BCUT2D eigenvalue weighted by molar-refractivity contribution is 6.88. The van der Waals surface area contributed by atoms with Crippen LogP contribution in [0.15, 0.2) is 0 Å². The minimum absolute atomic E-state index is 0.756. The monoisotopic (exact) mass is 1800 g/mol. The molecule has 0 saturated carbocycles. The highest BCUT2D eigenvalue weighted by Crippen LogP contribution is 2.66. The van der Waals surface area contributed by atoms with E-state index >= 15 is 0 Å². The van der Waals surface area contributed by atoms with Crippen molar-refractivity contribution in [3.8, 4) is 0 Å². The van der Waals surface area contributed by atoms with Gasteiger partial charge in [-0.25, -0.2) is 0 Å². The predicted molar refractivity (Wildman–Crippen MR) is 270 cm³/mol. The first-order valence-electron chi connectivity index (χ1n) is 27.3. The molecular weight excluding hydrogens is 1750 g/mol. The van der Waals surface area contributed by atoms with Gasteiger partial charge in [0.25, 0.3) is 0 Å². The van der Waals surface area contributed by atoms with Gasteiger partial charge in [-0.1, -0.05) is 0 Å². The van der Waals surface area contributed by atoms with Crippen LogP contribution in [0.5, 0.6) is 0 Å². The lowest BCUT2D eigenvalue weighted by Gasteiger charge is -2.42. The molecule has 0 heterocycles. The second-order valence-corrected chi connectivity index (χ2v) is 51.2. The fourth-order valence-corrected chi connectivity index (χ4v) is 36.2. The van der Waals surface area contributed by atoms with Gasteiger partial charge in [0.05, 0.1) is 0 Å².